The van der Waals surface area contributed by atoms with E-state index in [0.29, 0.717) is 18.4 Å². The van der Waals surface area contributed by atoms with Crippen molar-refractivity contribution in [1.82, 2.24) is 4.90 Å². The minimum Gasteiger partial charge on any atom is -0.490 e. The third kappa shape index (κ3) is 4.10. The number of carboxylic acid groups (broad SMARTS) is 1. The quantitative estimate of drug-likeness (QED) is 0.464. The van der Waals surface area contributed by atoms with Crippen LogP contribution in [0.15, 0.2) is 18.3 Å². The number of nitrogens with zero attached hydrogens (tertiary/aromatic N) is 1. The van der Waals surface area contributed by atoms with E-state index in [4.69, 9.17) is 4.74 Å². The van der Waals surface area contributed by atoms with Crippen molar-refractivity contribution in [2.75, 3.05) is 6.61 Å². The number of rotatable bonds is 6. The van der Waals surface area contributed by atoms with Crippen molar-refractivity contribution in [2.45, 2.75) is 98.6 Å². The third-order valence-corrected chi connectivity index (χ3v) is 8.55. The second kappa shape index (κ2) is 9.57. The van der Waals surface area contributed by atoms with Crippen molar-refractivity contribution in [1.29, 1.82) is 0 Å². The predicted octanol–water partition coefficient (Wildman–Crippen LogP) is 7.17. The number of carboxylic acids is 1. The number of ether oxygens (including phenoxy) is 1. The summed E-state index contributed by atoms with van der Waals surface area (Å²) in [6.45, 7) is 20.7. The molecular weight excluding hydrogens is 453 g/mol. The van der Waals surface area contributed by atoms with E-state index in [1.165, 1.54) is 11.1 Å². The fourth-order valence-corrected chi connectivity index (χ4v) is 6.59. The second-order valence-corrected chi connectivity index (χ2v) is 11.2. The highest BCUT2D eigenvalue weighted by atomic mass is 19.1. The summed E-state index contributed by atoms with van der Waals surface area (Å²) in [5.41, 5.74) is 9.44. The molecule has 0 saturated heterocycles. The Bertz CT molecular complexity index is 1240. The Kier molecular flexibility index (Phi) is 6.98. The largest absolute Gasteiger partial charge is 0.490 e. The highest BCUT2D eigenvalue weighted by Crippen LogP contribution is 2.49. The normalized spacial score (nSPS) is 17.3. The summed E-state index contributed by atoms with van der Waals surface area (Å²) in [6, 6.07) is 1.90. The molecule has 0 spiro atoms. The van der Waals surface area contributed by atoms with Crippen molar-refractivity contribution >= 4 is 5.97 Å². The highest BCUT2D eigenvalue weighted by molar-refractivity contribution is 5.84. The van der Waals surface area contributed by atoms with Crippen LogP contribution in [0.2, 0.25) is 0 Å². The van der Waals surface area contributed by atoms with Gasteiger partial charge in [-0.1, -0.05) is 33.8 Å². The molecule has 4 rings (SSSR count). The van der Waals surface area contributed by atoms with Crippen molar-refractivity contribution in [3.05, 3.63) is 63.1 Å². The van der Waals surface area contributed by atoms with Crippen LogP contribution >= 0.6 is 0 Å². The number of aliphatic carboxylic acids is 1. The maximum Gasteiger partial charge on any atom is 0.307 e. The van der Waals surface area contributed by atoms with Gasteiger partial charge in [0, 0.05) is 29.3 Å². The average Bonchev–Trinajstić information content (AvgIpc) is 2.81. The Morgan fingerprint density at radius 3 is 2.56 bits per heavy atom. The Morgan fingerprint density at radius 2 is 1.92 bits per heavy atom. The first-order valence-electron chi connectivity index (χ1n) is 13.2. The second-order valence-electron chi connectivity index (χ2n) is 11.2. The number of halogens is 1. The molecule has 1 unspecified atom stereocenters. The Balaban J connectivity index is 2.05. The van der Waals surface area contributed by atoms with Crippen molar-refractivity contribution < 1.29 is 19.0 Å². The van der Waals surface area contributed by atoms with Gasteiger partial charge in [-0.25, -0.2) is 4.39 Å². The van der Waals surface area contributed by atoms with Crippen LogP contribution in [0.5, 0.6) is 5.75 Å². The van der Waals surface area contributed by atoms with Crippen LogP contribution in [0.4, 0.5) is 4.39 Å². The third-order valence-electron chi connectivity index (χ3n) is 8.55. The van der Waals surface area contributed by atoms with Gasteiger partial charge in [0.25, 0.3) is 0 Å². The molecule has 2 heterocycles. The molecule has 0 radical (unpaired) electrons. The summed E-state index contributed by atoms with van der Waals surface area (Å²) in [6.07, 6.45) is 3.67. The zero-order chi connectivity index (χ0) is 26.5. The monoisotopic (exact) mass is 493 g/mol. The Hall–Kier alpha value is -2.82. The molecule has 2 aromatic rings. The topological polar surface area (TPSA) is 49.8 Å². The molecule has 0 amide bonds. The van der Waals surface area contributed by atoms with Gasteiger partial charge in [-0.2, -0.15) is 0 Å². The molecule has 1 N–H and O–H groups in total. The van der Waals surface area contributed by atoms with Gasteiger partial charge < -0.3 is 14.7 Å². The van der Waals surface area contributed by atoms with Gasteiger partial charge in [0.05, 0.1) is 13.0 Å². The lowest BCUT2D eigenvalue weighted by atomic mass is 9.69. The van der Waals surface area contributed by atoms with Crippen molar-refractivity contribution in [3.8, 4) is 16.9 Å². The van der Waals surface area contributed by atoms with Gasteiger partial charge in [0.1, 0.15) is 0 Å². The maximum atomic E-state index is 15.3. The van der Waals surface area contributed by atoms with E-state index in [-0.39, 0.29) is 17.7 Å². The van der Waals surface area contributed by atoms with Crippen molar-refractivity contribution in [2.24, 2.45) is 0 Å². The molecule has 36 heavy (non-hydrogen) atoms. The first-order chi connectivity index (χ1) is 16.9. The van der Waals surface area contributed by atoms with Crippen molar-refractivity contribution in [3.63, 3.8) is 0 Å². The van der Waals surface area contributed by atoms with Crippen LogP contribution in [0.3, 0.4) is 0 Å². The molecule has 2 aliphatic heterocycles. The lowest BCUT2D eigenvalue weighted by molar-refractivity contribution is -0.136. The molecule has 0 aromatic heterocycles. The number of hydrogen-bond acceptors (Lipinski definition) is 3. The van der Waals surface area contributed by atoms with Gasteiger partial charge in [-0.3, -0.25) is 4.79 Å². The highest BCUT2D eigenvalue weighted by Gasteiger charge is 2.40. The van der Waals surface area contributed by atoms with Gasteiger partial charge in [-0.15, -0.1) is 0 Å². The van der Waals surface area contributed by atoms with Gasteiger partial charge in [-0.05, 0) is 97.5 Å². The van der Waals surface area contributed by atoms with Gasteiger partial charge >= 0.3 is 5.97 Å². The fraction of sp³-hybridized carbons (Fsp3) is 0.516. The molecule has 194 valence electrons. The summed E-state index contributed by atoms with van der Waals surface area (Å²) in [4.78, 5) is 14.5. The SMILES string of the molecule is C=C1N(C(C)CCC)Cc2c(C)c(-c3cc(F)c4c(c3C)CCCO4)c(CC(=O)O)c(C)c2C1(C)C. The van der Waals surface area contributed by atoms with Crippen LogP contribution in [0.1, 0.15) is 85.9 Å². The molecule has 2 aromatic carbocycles. The van der Waals surface area contributed by atoms with E-state index >= 15 is 4.39 Å². The summed E-state index contributed by atoms with van der Waals surface area (Å²) in [5.74, 6) is -0.899. The molecule has 0 saturated carbocycles. The molecule has 2 aliphatic rings. The minimum atomic E-state index is -0.885. The van der Waals surface area contributed by atoms with E-state index in [1.54, 1.807) is 6.07 Å². The molecule has 5 heteroatoms. The van der Waals surface area contributed by atoms with E-state index in [9.17, 15) is 9.90 Å². The number of hydrogen-bond donors (Lipinski definition) is 1. The van der Waals surface area contributed by atoms with E-state index < -0.39 is 5.97 Å². The van der Waals surface area contributed by atoms with Crippen LogP contribution in [-0.4, -0.2) is 28.6 Å². The molecule has 0 bridgehead atoms. The summed E-state index contributed by atoms with van der Waals surface area (Å²) < 4.78 is 21.0. The van der Waals surface area contributed by atoms with E-state index in [1.807, 2.05) is 13.8 Å². The number of carbonyl (C=O) groups is 1. The minimum absolute atomic E-state index is 0.109. The predicted molar refractivity (Wildman–Crippen MR) is 143 cm³/mol. The zero-order valence-corrected chi connectivity index (χ0v) is 22.9. The number of fused-ring (bicyclic) bond motifs is 2. The van der Waals surface area contributed by atoms with Crippen LogP contribution in [-0.2, 0) is 29.6 Å². The maximum absolute atomic E-state index is 15.3. The Morgan fingerprint density at radius 1 is 1.22 bits per heavy atom. The first kappa shape index (κ1) is 26.2. The molecule has 1 atom stereocenters. The molecule has 0 aliphatic carbocycles. The average molecular weight is 494 g/mol. The summed E-state index contributed by atoms with van der Waals surface area (Å²) >= 11 is 0. The standard InChI is InChI=1S/C31H40FNO3/c1-9-11-17(2)33-16-25-19(4)28(23-14-26(32)30-22(18(23)3)12-10-13-36-30)24(15-27(34)35)20(5)29(25)31(7,8)21(33)6/h14,17H,6,9-13,15-16H2,1-5,7-8H3,(H,34,35). The lowest BCUT2D eigenvalue weighted by Gasteiger charge is -2.48. The lowest BCUT2D eigenvalue weighted by Crippen LogP contribution is -2.44. The smallest absolute Gasteiger partial charge is 0.307 e. The van der Waals surface area contributed by atoms with Crippen LogP contribution < -0.4 is 4.74 Å². The van der Waals surface area contributed by atoms with E-state index in [2.05, 4.69) is 46.1 Å². The summed E-state index contributed by atoms with van der Waals surface area (Å²) in [7, 11) is 0. The van der Waals surface area contributed by atoms with Crippen LogP contribution in [0.25, 0.3) is 11.1 Å². The summed E-state index contributed by atoms with van der Waals surface area (Å²) in [5, 5.41) is 9.91. The molecule has 4 nitrogen and oxygen atoms in total. The van der Waals surface area contributed by atoms with E-state index in [0.717, 1.165) is 76.9 Å². The molecule has 0 fully saturated rings. The number of benzene rings is 2. The Labute approximate surface area is 215 Å². The van der Waals surface area contributed by atoms with Gasteiger partial charge in [0.2, 0.25) is 0 Å². The fourth-order valence-electron chi connectivity index (χ4n) is 6.59. The first-order valence-corrected chi connectivity index (χ1v) is 13.2. The zero-order valence-electron chi connectivity index (χ0n) is 22.9. The van der Waals surface area contributed by atoms with Gasteiger partial charge in [0.15, 0.2) is 11.6 Å². The molecular formula is C31H40FNO3. The number of allylic oxidation sites excluding steroid dienone is 1. The van der Waals surface area contributed by atoms with Crippen LogP contribution in [0, 0.1) is 26.6 Å².